The van der Waals surface area contributed by atoms with Crippen LogP contribution in [-0.4, -0.2) is 0 Å². The molecule has 0 N–H and O–H groups in total. The molecule has 0 saturated carbocycles. The predicted octanol–water partition coefficient (Wildman–Crippen LogP) is 8.35. The number of allylic oxidation sites excluding steroid dienone is 1. The summed E-state index contributed by atoms with van der Waals surface area (Å²) in [4.78, 5) is 0. The van der Waals surface area contributed by atoms with E-state index in [9.17, 15) is 0 Å². The summed E-state index contributed by atoms with van der Waals surface area (Å²) in [5.74, 6) is 1.76. The van der Waals surface area contributed by atoms with Crippen LogP contribution in [0.3, 0.4) is 0 Å². The quantitative estimate of drug-likeness (QED) is 0.346. The number of halogens is 3. The molecular weight excluding hydrogens is 490 g/mol. The fraction of sp³-hybridized carbons (Fsp3) is 0.217. The Morgan fingerprint density at radius 3 is 2.14 bits per heavy atom. The van der Waals surface area contributed by atoms with Gasteiger partial charge in [0.2, 0.25) is 0 Å². The van der Waals surface area contributed by atoms with Gasteiger partial charge in [-0.05, 0) is 0 Å². The van der Waals surface area contributed by atoms with E-state index >= 15 is 0 Å². The molecular formula is C23H20Cl3OZr. The second-order valence-electron chi connectivity index (χ2n) is 7.42. The van der Waals surface area contributed by atoms with Crippen molar-refractivity contribution in [3.8, 4) is 11.1 Å². The van der Waals surface area contributed by atoms with Crippen molar-refractivity contribution in [3.05, 3.63) is 80.8 Å². The van der Waals surface area contributed by atoms with Crippen molar-refractivity contribution >= 4 is 40.3 Å². The summed E-state index contributed by atoms with van der Waals surface area (Å²) in [6.07, 6.45) is 2.23. The molecule has 2 aromatic carbocycles. The monoisotopic (exact) mass is 507 g/mol. The van der Waals surface area contributed by atoms with E-state index in [1.54, 1.807) is 0 Å². The summed E-state index contributed by atoms with van der Waals surface area (Å²) in [5.41, 5.74) is 9.32. The Hall–Kier alpha value is -0.787. The van der Waals surface area contributed by atoms with Gasteiger partial charge < -0.3 is 0 Å². The molecule has 1 nitrogen and oxygen atoms in total. The molecule has 1 heterocycles. The third-order valence-electron chi connectivity index (χ3n) is 5.38. The van der Waals surface area contributed by atoms with Gasteiger partial charge in [-0.2, -0.15) is 0 Å². The first-order chi connectivity index (χ1) is 13.3. The first-order valence-corrected chi connectivity index (χ1v) is 17.3. The van der Waals surface area contributed by atoms with E-state index in [2.05, 4.69) is 51.1 Å². The van der Waals surface area contributed by atoms with Crippen molar-refractivity contribution in [2.75, 3.05) is 0 Å². The number of benzene rings is 2. The molecule has 4 rings (SSSR count). The van der Waals surface area contributed by atoms with Gasteiger partial charge in [0.25, 0.3) is 0 Å². The van der Waals surface area contributed by atoms with Gasteiger partial charge in [0.1, 0.15) is 0 Å². The van der Waals surface area contributed by atoms with Crippen LogP contribution >= 0.6 is 28.6 Å². The molecule has 1 atom stereocenters. The van der Waals surface area contributed by atoms with E-state index < -0.39 is 19.4 Å². The Balaban J connectivity index is 1.97. The SMILES string of the molecule is Cc1ccc(C2=Cc3c(ccc(C)c3-c3cc(C)c(Cl)c(C)c3)[CH]2[Zr]([Cl])[Cl])o1. The van der Waals surface area contributed by atoms with Gasteiger partial charge in [-0.3, -0.25) is 0 Å². The van der Waals surface area contributed by atoms with Crippen LogP contribution in [0, 0.1) is 27.7 Å². The zero-order valence-electron chi connectivity index (χ0n) is 16.2. The zero-order valence-corrected chi connectivity index (χ0v) is 20.9. The minimum atomic E-state index is -2.65. The fourth-order valence-corrected chi connectivity index (χ4v) is 9.29. The molecule has 0 fully saturated rings. The van der Waals surface area contributed by atoms with Crippen molar-refractivity contribution in [3.63, 3.8) is 0 Å². The Morgan fingerprint density at radius 1 is 0.893 bits per heavy atom. The third kappa shape index (κ3) is 3.48. The molecule has 1 aromatic heterocycles. The molecule has 0 radical (unpaired) electrons. The predicted molar refractivity (Wildman–Crippen MR) is 117 cm³/mol. The number of hydrogen-bond acceptors (Lipinski definition) is 1. The average Bonchev–Trinajstić information content (AvgIpc) is 3.22. The number of hydrogen-bond donors (Lipinski definition) is 0. The maximum atomic E-state index is 6.63. The Bertz CT molecular complexity index is 1090. The minimum absolute atomic E-state index is 0.0696. The molecule has 0 aliphatic heterocycles. The van der Waals surface area contributed by atoms with Crippen LogP contribution in [0.2, 0.25) is 5.02 Å². The molecule has 1 aliphatic rings. The summed E-state index contributed by atoms with van der Waals surface area (Å²) in [5, 5.41) is 0.825. The Morgan fingerprint density at radius 2 is 1.57 bits per heavy atom. The zero-order chi connectivity index (χ0) is 20.2. The van der Waals surface area contributed by atoms with Crippen LogP contribution in [-0.2, 0) is 19.4 Å². The van der Waals surface area contributed by atoms with Crippen LogP contribution in [0.15, 0.2) is 40.8 Å². The second kappa shape index (κ2) is 7.80. The van der Waals surface area contributed by atoms with Gasteiger partial charge in [0.05, 0.1) is 0 Å². The second-order valence-corrected chi connectivity index (χ2v) is 16.6. The molecule has 28 heavy (non-hydrogen) atoms. The van der Waals surface area contributed by atoms with Crippen molar-refractivity contribution in [2.45, 2.75) is 31.3 Å². The molecule has 1 unspecified atom stereocenters. The Kier molecular flexibility index (Phi) is 5.71. The average molecular weight is 510 g/mol. The number of fused-ring (bicyclic) bond motifs is 1. The standard InChI is InChI=1S/C23H20ClO.2ClH.Zr/c1-13-5-7-17-11-18(21-8-6-16(4)25-21)12-20(17)22(13)19-9-14(2)23(24)15(3)10-19;;;/h5-12H,1-4H3;2*1H;/q;;;+2/p-2. The third-order valence-corrected chi connectivity index (χ3v) is 11.2. The number of furan rings is 1. The molecule has 0 bridgehead atoms. The van der Waals surface area contributed by atoms with E-state index in [1.165, 1.54) is 27.8 Å². The maximum absolute atomic E-state index is 6.63. The van der Waals surface area contributed by atoms with Crippen LogP contribution in [0.25, 0.3) is 22.8 Å². The van der Waals surface area contributed by atoms with Crippen LogP contribution in [0.1, 0.15) is 43.0 Å². The summed E-state index contributed by atoms with van der Waals surface area (Å²) in [6.45, 7) is 8.21. The summed E-state index contributed by atoms with van der Waals surface area (Å²) in [7, 11) is 13.3. The van der Waals surface area contributed by atoms with E-state index in [0.29, 0.717) is 0 Å². The topological polar surface area (TPSA) is 13.1 Å². The van der Waals surface area contributed by atoms with E-state index in [1.807, 2.05) is 19.1 Å². The molecule has 3 aromatic rings. The van der Waals surface area contributed by atoms with Gasteiger partial charge in [0.15, 0.2) is 0 Å². The number of aryl methyl sites for hydroxylation is 4. The van der Waals surface area contributed by atoms with Gasteiger partial charge in [-0.25, -0.2) is 0 Å². The van der Waals surface area contributed by atoms with Crippen LogP contribution < -0.4 is 0 Å². The van der Waals surface area contributed by atoms with Crippen LogP contribution in [0.4, 0.5) is 0 Å². The van der Waals surface area contributed by atoms with E-state index in [4.69, 9.17) is 33.0 Å². The molecule has 0 spiro atoms. The Labute approximate surface area is 186 Å². The number of rotatable bonds is 3. The van der Waals surface area contributed by atoms with Crippen molar-refractivity contribution < 1.29 is 23.8 Å². The summed E-state index contributed by atoms with van der Waals surface area (Å²) >= 11 is 3.76. The van der Waals surface area contributed by atoms with E-state index in [-0.39, 0.29) is 3.63 Å². The molecule has 1 aliphatic carbocycles. The van der Waals surface area contributed by atoms with Crippen molar-refractivity contribution in [1.29, 1.82) is 0 Å². The van der Waals surface area contributed by atoms with Crippen LogP contribution in [0.5, 0.6) is 0 Å². The molecule has 143 valence electrons. The van der Waals surface area contributed by atoms with Gasteiger partial charge >= 0.3 is 187 Å². The van der Waals surface area contributed by atoms with Crippen molar-refractivity contribution in [1.82, 2.24) is 0 Å². The summed E-state index contributed by atoms with van der Waals surface area (Å²) < 4.78 is 6.01. The first-order valence-electron chi connectivity index (χ1n) is 9.14. The van der Waals surface area contributed by atoms with Crippen molar-refractivity contribution in [2.24, 2.45) is 0 Å². The van der Waals surface area contributed by atoms with Gasteiger partial charge in [-0.1, -0.05) is 0 Å². The fourth-order valence-electron chi connectivity index (χ4n) is 4.07. The molecule has 5 heteroatoms. The molecule has 0 amide bonds. The first kappa shape index (κ1) is 20.5. The van der Waals surface area contributed by atoms with Gasteiger partial charge in [-0.15, -0.1) is 0 Å². The van der Waals surface area contributed by atoms with Gasteiger partial charge in [0, 0.05) is 0 Å². The molecule has 0 saturated heterocycles. The van der Waals surface area contributed by atoms with E-state index in [0.717, 1.165) is 33.2 Å². The normalized spacial score (nSPS) is 15.5. The summed E-state index contributed by atoms with van der Waals surface area (Å²) in [6, 6.07) is 12.7.